The van der Waals surface area contributed by atoms with E-state index in [1.165, 1.54) is 11.5 Å². The Bertz CT molecular complexity index is 1080. The number of amides is 2. The van der Waals surface area contributed by atoms with Crippen LogP contribution in [0.1, 0.15) is 29.4 Å². The normalized spacial score (nSPS) is 16.2. The third-order valence-electron chi connectivity index (χ3n) is 5.83. The SMILES string of the molecule is COc1cccc(Cc2nsc(N3CCN(C(=O)Nc4c(C)cccc4C)C(C)C3)n2)c1. The van der Waals surface area contributed by atoms with E-state index in [1.807, 2.05) is 55.1 Å². The average molecular weight is 452 g/mol. The first kappa shape index (κ1) is 22.1. The van der Waals surface area contributed by atoms with Gasteiger partial charge in [-0.1, -0.05) is 30.3 Å². The molecule has 2 aromatic carbocycles. The fraction of sp³-hybridized carbons (Fsp3) is 0.375. The molecule has 8 heteroatoms. The third kappa shape index (κ3) is 4.85. The number of carbonyl (C=O) groups excluding carboxylic acids is 1. The van der Waals surface area contributed by atoms with Crippen molar-refractivity contribution in [3.63, 3.8) is 0 Å². The van der Waals surface area contributed by atoms with Gasteiger partial charge >= 0.3 is 6.03 Å². The Kier molecular flexibility index (Phi) is 6.60. The highest BCUT2D eigenvalue weighted by Crippen LogP contribution is 2.25. The van der Waals surface area contributed by atoms with Crippen LogP contribution in [-0.2, 0) is 6.42 Å². The number of methoxy groups -OCH3 is 1. The smallest absolute Gasteiger partial charge is 0.322 e. The molecule has 1 N–H and O–H groups in total. The summed E-state index contributed by atoms with van der Waals surface area (Å²) in [5.41, 5.74) is 4.16. The van der Waals surface area contributed by atoms with Crippen LogP contribution in [0.2, 0.25) is 0 Å². The Morgan fingerprint density at radius 2 is 1.94 bits per heavy atom. The predicted octanol–water partition coefficient (Wildman–Crippen LogP) is 4.50. The number of hydrogen-bond acceptors (Lipinski definition) is 6. The average Bonchev–Trinajstić information content (AvgIpc) is 3.24. The van der Waals surface area contributed by atoms with E-state index in [1.54, 1.807) is 7.11 Å². The van der Waals surface area contributed by atoms with Crippen molar-refractivity contribution in [1.29, 1.82) is 0 Å². The Hall–Kier alpha value is -3.13. The number of para-hydroxylation sites is 1. The van der Waals surface area contributed by atoms with E-state index in [9.17, 15) is 4.79 Å². The van der Waals surface area contributed by atoms with E-state index in [-0.39, 0.29) is 12.1 Å². The number of aryl methyl sites for hydroxylation is 2. The zero-order valence-corrected chi connectivity index (χ0v) is 19.8. The van der Waals surface area contributed by atoms with Gasteiger partial charge in [-0.15, -0.1) is 0 Å². The quantitative estimate of drug-likeness (QED) is 0.619. The summed E-state index contributed by atoms with van der Waals surface area (Å²) < 4.78 is 9.85. The molecule has 168 valence electrons. The van der Waals surface area contributed by atoms with Crippen LogP contribution in [0.15, 0.2) is 42.5 Å². The van der Waals surface area contributed by atoms with E-state index >= 15 is 0 Å². The van der Waals surface area contributed by atoms with E-state index in [0.717, 1.165) is 52.2 Å². The van der Waals surface area contributed by atoms with Gasteiger partial charge in [0.05, 0.1) is 7.11 Å². The second-order valence-corrected chi connectivity index (χ2v) is 8.94. The summed E-state index contributed by atoms with van der Waals surface area (Å²) in [7, 11) is 1.67. The largest absolute Gasteiger partial charge is 0.497 e. The Balaban J connectivity index is 1.37. The molecule has 0 saturated carbocycles. The van der Waals surface area contributed by atoms with E-state index in [4.69, 9.17) is 9.72 Å². The van der Waals surface area contributed by atoms with Gasteiger partial charge in [0.1, 0.15) is 11.6 Å². The minimum atomic E-state index is -0.0504. The zero-order chi connectivity index (χ0) is 22.7. The highest BCUT2D eigenvalue weighted by Gasteiger charge is 2.29. The fourth-order valence-electron chi connectivity index (χ4n) is 4.03. The maximum Gasteiger partial charge on any atom is 0.322 e. The van der Waals surface area contributed by atoms with Crippen molar-refractivity contribution in [3.8, 4) is 5.75 Å². The number of anilines is 2. The van der Waals surface area contributed by atoms with Crippen LogP contribution in [0.3, 0.4) is 0 Å². The molecule has 0 aliphatic carbocycles. The molecule has 1 atom stereocenters. The first-order valence-corrected chi connectivity index (χ1v) is 11.6. The Morgan fingerprint density at radius 1 is 1.19 bits per heavy atom. The maximum atomic E-state index is 12.9. The maximum absolute atomic E-state index is 12.9. The molecule has 0 spiro atoms. The molecule has 2 amide bonds. The number of aromatic nitrogens is 2. The number of urea groups is 1. The second kappa shape index (κ2) is 9.56. The summed E-state index contributed by atoms with van der Waals surface area (Å²) in [5.74, 6) is 1.64. The summed E-state index contributed by atoms with van der Waals surface area (Å²) in [6, 6.07) is 14.0. The molecule has 7 nitrogen and oxygen atoms in total. The van der Waals surface area contributed by atoms with Crippen LogP contribution in [0, 0.1) is 13.8 Å². The zero-order valence-electron chi connectivity index (χ0n) is 19.0. The van der Waals surface area contributed by atoms with Gasteiger partial charge in [-0.05, 0) is 49.6 Å². The van der Waals surface area contributed by atoms with Crippen molar-refractivity contribution in [1.82, 2.24) is 14.3 Å². The van der Waals surface area contributed by atoms with Crippen LogP contribution in [0.25, 0.3) is 0 Å². The lowest BCUT2D eigenvalue weighted by atomic mass is 10.1. The van der Waals surface area contributed by atoms with Crippen molar-refractivity contribution in [2.24, 2.45) is 0 Å². The lowest BCUT2D eigenvalue weighted by molar-refractivity contribution is 0.185. The van der Waals surface area contributed by atoms with Crippen LogP contribution in [0.5, 0.6) is 5.75 Å². The number of benzene rings is 2. The summed E-state index contributed by atoms with van der Waals surface area (Å²) in [4.78, 5) is 21.8. The molecular formula is C24H29N5O2S. The number of hydrogen-bond donors (Lipinski definition) is 1. The minimum Gasteiger partial charge on any atom is -0.497 e. The first-order chi connectivity index (χ1) is 15.4. The molecule has 0 bridgehead atoms. The van der Waals surface area contributed by atoms with Gasteiger partial charge in [0, 0.05) is 49.3 Å². The van der Waals surface area contributed by atoms with Gasteiger partial charge in [0.15, 0.2) is 0 Å². The van der Waals surface area contributed by atoms with E-state index < -0.39 is 0 Å². The molecule has 32 heavy (non-hydrogen) atoms. The van der Waals surface area contributed by atoms with Crippen LogP contribution in [0.4, 0.5) is 15.6 Å². The first-order valence-electron chi connectivity index (χ1n) is 10.8. The van der Waals surface area contributed by atoms with Gasteiger partial charge < -0.3 is 19.9 Å². The Labute approximate surface area is 193 Å². The summed E-state index contributed by atoms with van der Waals surface area (Å²) in [5, 5.41) is 4.01. The summed E-state index contributed by atoms with van der Waals surface area (Å²) in [6.07, 6.45) is 0.668. The van der Waals surface area contributed by atoms with Gasteiger partial charge in [-0.3, -0.25) is 0 Å². The van der Waals surface area contributed by atoms with Crippen molar-refractivity contribution in [3.05, 3.63) is 65.0 Å². The van der Waals surface area contributed by atoms with E-state index in [0.29, 0.717) is 13.0 Å². The molecule has 1 aliphatic rings. The number of nitrogens with zero attached hydrogens (tertiary/aromatic N) is 4. The lowest BCUT2D eigenvalue weighted by Crippen LogP contribution is -2.55. The molecule has 1 saturated heterocycles. The molecule has 1 unspecified atom stereocenters. The summed E-state index contributed by atoms with van der Waals surface area (Å²) >= 11 is 1.42. The number of ether oxygens (including phenoxy) is 1. The molecule has 2 heterocycles. The van der Waals surface area contributed by atoms with Crippen LogP contribution in [-0.4, -0.2) is 53.1 Å². The molecule has 4 rings (SSSR count). The molecule has 1 aromatic heterocycles. The highest BCUT2D eigenvalue weighted by molar-refractivity contribution is 7.09. The highest BCUT2D eigenvalue weighted by atomic mass is 32.1. The van der Waals surface area contributed by atoms with Crippen molar-refractivity contribution in [2.45, 2.75) is 33.2 Å². The molecule has 1 aliphatic heterocycles. The lowest BCUT2D eigenvalue weighted by Gasteiger charge is -2.39. The van der Waals surface area contributed by atoms with Gasteiger partial charge in [-0.2, -0.15) is 4.37 Å². The fourth-order valence-corrected chi connectivity index (χ4v) is 4.75. The number of rotatable bonds is 5. The predicted molar refractivity (Wildman–Crippen MR) is 129 cm³/mol. The van der Waals surface area contributed by atoms with Crippen LogP contribution < -0.4 is 15.0 Å². The van der Waals surface area contributed by atoms with Crippen molar-refractivity contribution < 1.29 is 9.53 Å². The minimum absolute atomic E-state index is 0.0504. The Morgan fingerprint density at radius 3 is 2.66 bits per heavy atom. The number of nitrogens with one attached hydrogen (secondary N) is 1. The third-order valence-corrected chi connectivity index (χ3v) is 6.64. The molecule has 0 radical (unpaired) electrons. The molecule has 3 aromatic rings. The molecular weight excluding hydrogens is 422 g/mol. The van der Waals surface area contributed by atoms with Gasteiger partial charge in [0.25, 0.3) is 0 Å². The number of carbonyl (C=O) groups is 1. The number of piperazine rings is 1. The van der Waals surface area contributed by atoms with E-state index in [2.05, 4.69) is 27.6 Å². The van der Waals surface area contributed by atoms with Gasteiger partial charge in [0.2, 0.25) is 5.13 Å². The molecule has 1 fully saturated rings. The summed E-state index contributed by atoms with van der Waals surface area (Å²) in [6.45, 7) is 8.22. The van der Waals surface area contributed by atoms with Crippen molar-refractivity contribution in [2.75, 3.05) is 37.0 Å². The van der Waals surface area contributed by atoms with Gasteiger partial charge in [-0.25, -0.2) is 9.78 Å². The second-order valence-electron chi connectivity index (χ2n) is 8.21. The standard InChI is InChI=1S/C24H29N5O2S/c1-16-7-5-8-17(2)22(16)26-23(30)29-12-11-28(15-18(29)3)24-25-21(27-32-24)14-19-9-6-10-20(13-19)31-4/h5-10,13,18H,11-12,14-15H2,1-4H3,(H,26,30). The topological polar surface area (TPSA) is 70.6 Å². The van der Waals surface area contributed by atoms with Crippen molar-refractivity contribution >= 4 is 28.4 Å². The monoisotopic (exact) mass is 451 g/mol. The van der Waals surface area contributed by atoms with Crippen LogP contribution >= 0.6 is 11.5 Å².